The number of hydrogen-bond acceptors (Lipinski definition) is 9. The molecule has 37 heavy (non-hydrogen) atoms. The number of hydrogen-bond donors (Lipinski definition) is 1. The average molecular weight is 561 g/mol. The van der Waals surface area contributed by atoms with Crippen molar-refractivity contribution < 1.29 is 27.6 Å². The van der Waals surface area contributed by atoms with Gasteiger partial charge in [-0.1, -0.05) is 13.3 Å². The van der Waals surface area contributed by atoms with Crippen LogP contribution in [0.1, 0.15) is 46.2 Å². The van der Waals surface area contributed by atoms with Crippen LogP contribution < -0.4 is 5.32 Å². The molecule has 0 aromatic carbocycles. The Labute approximate surface area is 221 Å². The molecular weight excluding hydrogens is 536 g/mol. The molecule has 2 aliphatic heterocycles. The van der Waals surface area contributed by atoms with Crippen molar-refractivity contribution in [1.82, 2.24) is 19.5 Å². The zero-order valence-corrected chi connectivity index (χ0v) is 22.3. The molecule has 2 saturated heterocycles. The lowest BCUT2D eigenvalue weighted by Gasteiger charge is -2.28. The number of amides is 2. The van der Waals surface area contributed by atoms with Crippen molar-refractivity contribution in [2.75, 3.05) is 13.1 Å². The first kappa shape index (κ1) is 25.6. The highest BCUT2D eigenvalue weighted by Gasteiger charge is 2.55. The van der Waals surface area contributed by atoms with Gasteiger partial charge in [-0.3, -0.25) is 24.2 Å². The van der Waals surface area contributed by atoms with Crippen LogP contribution in [0.3, 0.4) is 0 Å². The number of nitrogens with zero attached hydrogens (tertiary/aromatic N) is 3. The number of carbonyl (C=O) groups is 4. The normalized spacial score (nSPS) is 20.8. The van der Waals surface area contributed by atoms with Gasteiger partial charge in [-0.2, -0.15) is 4.31 Å². The molecular formula is C24H24N4O6S3. The third kappa shape index (κ3) is 4.60. The van der Waals surface area contributed by atoms with Gasteiger partial charge in [-0.05, 0) is 42.5 Å². The second-order valence-electron chi connectivity index (χ2n) is 8.95. The van der Waals surface area contributed by atoms with Crippen LogP contribution in [-0.4, -0.2) is 76.5 Å². The highest BCUT2D eigenvalue weighted by Crippen LogP contribution is 2.34. The maximum absolute atomic E-state index is 13.5. The Kier molecular flexibility index (Phi) is 6.96. The largest absolute Gasteiger partial charge is 0.340 e. The van der Waals surface area contributed by atoms with Gasteiger partial charge in [-0.25, -0.2) is 8.42 Å². The van der Waals surface area contributed by atoms with E-state index in [1.54, 1.807) is 6.07 Å². The number of thiophene rings is 2. The Bertz CT molecular complexity index is 1450. The Hall–Kier alpha value is -3.00. The third-order valence-corrected chi connectivity index (χ3v) is 10.5. The molecule has 3 aromatic rings. The standard InChI is InChI=1S/C24H24N4O6S3/c1-2-4-15(26-22(30)20-11-19-18(36-20)7-10-35-19)23(31)27-9-6-16-21(27)17(29)13-28(16)37(33,34)24(32)14-5-3-8-25-12-14/h3,5,7-8,10-12,15-16,21H,2,4,6,9,13H2,1H3,(H,26,30). The monoisotopic (exact) mass is 560 g/mol. The first-order chi connectivity index (χ1) is 17.7. The number of nitrogens with one attached hydrogen (secondary N) is 1. The summed E-state index contributed by atoms with van der Waals surface area (Å²) in [5.41, 5.74) is -0.0940. The minimum absolute atomic E-state index is 0.0940. The molecule has 5 rings (SSSR count). The van der Waals surface area contributed by atoms with Gasteiger partial charge in [0.25, 0.3) is 21.0 Å². The Morgan fingerprint density at radius 3 is 2.76 bits per heavy atom. The third-order valence-electron chi connectivity index (χ3n) is 6.64. The molecule has 194 valence electrons. The van der Waals surface area contributed by atoms with Gasteiger partial charge in [0.15, 0.2) is 5.78 Å². The lowest BCUT2D eigenvalue weighted by Crippen LogP contribution is -2.52. The smallest absolute Gasteiger partial charge is 0.293 e. The van der Waals surface area contributed by atoms with E-state index in [0.717, 1.165) is 19.9 Å². The molecule has 2 amide bonds. The lowest BCUT2D eigenvalue weighted by atomic mass is 10.1. The van der Waals surface area contributed by atoms with E-state index < -0.39 is 51.5 Å². The minimum atomic E-state index is -4.49. The molecule has 0 radical (unpaired) electrons. The van der Waals surface area contributed by atoms with Crippen molar-refractivity contribution in [3.63, 3.8) is 0 Å². The number of Topliss-reactive ketones (excluding diaryl/α,β-unsaturated/α-hetero) is 1. The summed E-state index contributed by atoms with van der Waals surface area (Å²) in [5.74, 6) is -1.23. The van der Waals surface area contributed by atoms with Gasteiger partial charge < -0.3 is 10.2 Å². The summed E-state index contributed by atoms with van der Waals surface area (Å²) in [6.07, 6.45) is 3.79. The van der Waals surface area contributed by atoms with E-state index in [2.05, 4.69) is 10.3 Å². The zero-order chi connectivity index (χ0) is 26.3. The van der Waals surface area contributed by atoms with E-state index in [-0.39, 0.29) is 24.4 Å². The summed E-state index contributed by atoms with van der Waals surface area (Å²) in [4.78, 5) is 57.9. The molecule has 0 bridgehead atoms. The van der Waals surface area contributed by atoms with Crippen molar-refractivity contribution in [2.24, 2.45) is 0 Å². The van der Waals surface area contributed by atoms with Crippen molar-refractivity contribution >= 4 is 64.8 Å². The molecule has 0 saturated carbocycles. The molecule has 0 spiro atoms. The van der Waals surface area contributed by atoms with Crippen molar-refractivity contribution in [3.8, 4) is 0 Å². The van der Waals surface area contributed by atoms with Crippen LogP contribution in [0.25, 0.3) is 9.40 Å². The molecule has 13 heteroatoms. The summed E-state index contributed by atoms with van der Waals surface area (Å²) in [6.45, 7) is 1.56. The Morgan fingerprint density at radius 2 is 2.05 bits per heavy atom. The quantitative estimate of drug-likeness (QED) is 0.469. The minimum Gasteiger partial charge on any atom is -0.340 e. The van der Waals surface area contributed by atoms with Crippen molar-refractivity contribution in [2.45, 2.75) is 44.3 Å². The number of aromatic nitrogens is 1. The van der Waals surface area contributed by atoms with E-state index in [1.165, 1.54) is 45.9 Å². The summed E-state index contributed by atoms with van der Waals surface area (Å²) in [7, 11) is -4.49. The summed E-state index contributed by atoms with van der Waals surface area (Å²) < 4.78 is 29.2. The Morgan fingerprint density at radius 1 is 1.24 bits per heavy atom. The molecule has 2 fully saturated rings. The fraction of sp³-hybridized carbons (Fsp3) is 0.375. The summed E-state index contributed by atoms with van der Waals surface area (Å²) >= 11 is 2.88. The Balaban J connectivity index is 1.33. The van der Waals surface area contributed by atoms with Crippen LogP contribution in [0.4, 0.5) is 0 Å². The van der Waals surface area contributed by atoms with Gasteiger partial charge in [0.1, 0.15) is 12.1 Å². The fourth-order valence-electron chi connectivity index (χ4n) is 4.93. The number of fused-ring (bicyclic) bond motifs is 2. The molecule has 0 aliphatic carbocycles. The highest BCUT2D eigenvalue weighted by molar-refractivity contribution is 8.04. The molecule has 3 atom stereocenters. The lowest BCUT2D eigenvalue weighted by molar-refractivity contribution is -0.138. The van der Waals surface area contributed by atoms with E-state index in [1.807, 2.05) is 18.4 Å². The van der Waals surface area contributed by atoms with E-state index in [4.69, 9.17) is 0 Å². The zero-order valence-electron chi connectivity index (χ0n) is 19.8. The van der Waals surface area contributed by atoms with Gasteiger partial charge in [0.05, 0.1) is 23.0 Å². The highest BCUT2D eigenvalue weighted by atomic mass is 32.2. The van der Waals surface area contributed by atoms with Gasteiger partial charge in [-0.15, -0.1) is 22.7 Å². The van der Waals surface area contributed by atoms with Gasteiger partial charge in [0, 0.05) is 28.3 Å². The van der Waals surface area contributed by atoms with Crippen LogP contribution in [0, 0.1) is 0 Å². The van der Waals surface area contributed by atoms with Gasteiger partial charge in [0.2, 0.25) is 5.91 Å². The number of likely N-dealkylation sites (tertiary alicyclic amines) is 1. The molecule has 3 aromatic heterocycles. The number of ketones is 1. The number of rotatable bonds is 7. The predicted molar refractivity (Wildman–Crippen MR) is 139 cm³/mol. The van der Waals surface area contributed by atoms with E-state index in [9.17, 15) is 27.6 Å². The second kappa shape index (κ2) is 10.0. The van der Waals surface area contributed by atoms with Crippen LogP contribution in [-0.2, 0) is 19.6 Å². The van der Waals surface area contributed by atoms with Crippen LogP contribution in [0.5, 0.6) is 0 Å². The topological polar surface area (TPSA) is 134 Å². The molecule has 3 unspecified atom stereocenters. The van der Waals surface area contributed by atoms with Crippen molar-refractivity contribution in [1.29, 1.82) is 0 Å². The first-order valence-electron chi connectivity index (χ1n) is 11.8. The summed E-state index contributed by atoms with van der Waals surface area (Å²) in [5, 5.41) is 3.63. The maximum atomic E-state index is 13.5. The molecule has 1 N–H and O–H groups in total. The fourth-order valence-corrected chi connectivity index (χ4v) is 8.45. The first-order valence-corrected chi connectivity index (χ1v) is 14.9. The number of carbonyl (C=O) groups excluding carboxylic acids is 4. The van der Waals surface area contributed by atoms with Crippen LogP contribution in [0.2, 0.25) is 0 Å². The number of pyridine rings is 1. The summed E-state index contributed by atoms with van der Waals surface area (Å²) in [6, 6.07) is 3.86. The van der Waals surface area contributed by atoms with Crippen molar-refractivity contribution in [3.05, 3.63) is 52.5 Å². The molecule has 5 heterocycles. The van der Waals surface area contributed by atoms with Crippen LogP contribution >= 0.6 is 22.7 Å². The second-order valence-corrected chi connectivity index (χ2v) is 12.8. The number of sulfonamides is 1. The average Bonchev–Trinajstić information content (AvgIpc) is 3.65. The molecule has 10 nitrogen and oxygen atoms in total. The van der Waals surface area contributed by atoms with E-state index in [0.29, 0.717) is 17.7 Å². The van der Waals surface area contributed by atoms with Crippen LogP contribution in [0.15, 0.2) is 42.0 Å². The van der Waals surface area contributed by atoms with Gasteiger partial charge >= 0.3 is 0 Å². The SMILES string of the molecule is CCCC(NC(=O)c1cc2sccc2s1)C(=O)N1CCC2C1C(=O)CN2S(=O)(=O)C(=O)c1cccnc1. The van der Waals surface area contributed by atoms with E-state index >= 15 is 0 Å². The predicted octanol–water partition coefficient (Wildman–Crippen LogP) is 2.28. The maximum Gasteiger partial charge on any atom is 0.293 e. The molecule has 2 aliphatic rings.